The molecule has 1 heterocycles. The van der Waals surface area contributed by atoms with Crippen LogP contribution in [0.2, 0.25) is 6.04 Å². The number of nitrogens with one attached hydrogen (secondary N) is 1. The Morgan fingerprint density at radius 1 is 1.45 bits per heavy atom. The fourth-order valence-electron chi connectivity index (χ4n) is 3.44. The second kappa shape index (κ2) is 7.35. The summed E-state index contributed by atoms with van der Waals surface area (Å²) in [7, 11) is 2.53. The lowest BCUT2D eigenvalue weighted by molar-refractivity contribution is -0.120. The van der Waals surface area contributed by atoms with Crippen LogP contribution >= 0.6 is 0 Å². The number of ether oxygens (including phenoxy) is 1. The number of rotatable bonds is 7. The molecule has 0 spiro atoms. The Balaban J connectivity index is 3.19. The molecule has 2 unspecified atom stereocenters. The third-order valence-electron chi connectivity index (χ3n) is 4.35. The lowest BCUT2D eigenvalue weighted by atomic mass is 9.99. The SMILES string of the molecule is C=CC(=O)NC1CCC[Si](OC)(OC)C1(CCC)OC. The van der Waals surface area contributed by atoms with Crippen molar-refractivity contribution in [1.82, 2.24) is 5.32 Å². The van der Waals surface area contributed by atoms with Gasteiger partial charge in [-0.3, -0.25) is 4.79 Å². The van der Waals surface area contributed by atoms with Crippen molar-refractivity contribution in [1.29, 1.82) is 0 Å². The zero-order chi connectivity index (χ0) is 15.2. The molecule has 116 valence electrons. The van der Waals surface area contributed by atoms with Crippen LogP contribution in [0.1, 0.15) is 32.6 Å². The molecule has 1 amide bonds. The average molecular weight is 301 g/mol. The minimum absolute atomic E-state index is 0.0988. The predicted molar refractivity (Wildman–Crippen MR) is 80.6 cm³/mol. The van der Waals surface area contributed by atoms with E-state index in [9.17, 15) is 4.79 Å². The summed E-state index contributed by atoms with van der Waals surface area (Å²) in [5.41, 5.74) is 0. The van der Waals surface area contributed by atoms with E-state index < -0.39 is 13.8 Å². The fraction of sp³-hybridized carbons (Fsp3) is 0.786. The zero-order valence-corrected chi connectivity index (χ0v) is 14.0. The van der Waals surface area contributed by atoms with E-state index in [0.717, 1.165) is 31.7 Å². The van der Waals surface area contributed by atoms with Gasteiger partial charge < -0.3 is 18.9 Å². The Morgan fingerprint density at radius 2 is 2.10 bits per heavy atom. The van der Waals surface area contributed by atoms with Crippen molar-refractivity contribution in [2.45, 2.75) is 49.9 Å². The molecule has 1 rings (SSSR count). The second-order valence-corrected chi connectivity index (χ2v) is 8.83. The molecule has 2 atom stereocenters. The van der Waals surface area contributed by atoms with Gasteiger partial charge in [-0.25, -0.2) is 0 Å². The molecule has 0 radical (unpaired) electrons. The quantitative estimate of drug-likeness (QED) is 0.576. The minimum atomic E-state index is -2.55. The van der Waals surface area contributed by atoms with Crippen LogP contribution in [0.5, 0.6) is 0 Å². The molecule has 5 nitrogen and oxygen atoms in total. The minimum Gasteiger partial charge on any atom is -0.396 e. The van der Waals surface area contributed by atoms with Gasteiger partial charge in [0.25, 0.3) is 0 Å². The normalized spacial score (nSPS) is 28.9. The highest BCUT2D eigenvalue weighted by atomic mass is 28.4. The van der Waals surface area contributed by atoms with Crippen LogP contribution in [0.15, 0.2) is 12.7 Å². The highest BCUT2D eigenvalue weighted by Gasteiger charge is 2.63. The fourth-order valence-corrected chi connectivity index (χ4v) is 7.49. The summed E-state index contributed by atoms with van der Waals surface area (Å²) in [6.45, 7) is 5.62. The molecular formula is C14H27NO4Si. The van der Waals surface area contributed by atoms with Gasteiger partial charge in [-0.15, -0.1) is 0 Å². The van der Waals surface area contributed by atoms with Crippen molar-refractivity contribution in [3.8, 4) is 0 Å². The first kappa shape index (κ1) is 17.4. The molecule has 0 aromatic carbocycles. The monoisotopic (exact) mass is 301 g/mol. The lowest BCUT2D eigenvalue weighted by Crippen LogP contribution is -2.73. The summed E-state index contributed by atoms with van der Waals surface area (Å²) in [5.74, 6) is -0.176. The number of carbonyl (C=O) groups excluding carboxylic acids is 1. The summed E-state index contributed by atoms with van der Waals surface area (Å²) in [4.78, 5) is 11.7. The van der Waals surface area contributed by atoms with E-state index >= 15 is 0 Å². The topological polar surface area (TPSA) is 56.8 Å². The maximum atomic E-state index is 11.7. The van der Waals surface area contributed by atoms with E-state index in [1.807, 2.05) is 0 Å². The number of carbonyl (C=O) groups is 1. The molecule has 1 aliphatic heterocycles. The zero-order valence-electron chi connectivity index (χ0n) is 13.0. The van der Waals surface area contributed by atoms with Crippen LogP contribution in [0.4, 0.5) is 0 Å². The largest absolute Gasteiger partial charge is 0.396 e. The molecule has 0 saturated carbocycles. The number of hydrogen-bond acceptors (Lipinski definition) is 4. The first-order valence-corrected chi connectivity index (χ1v) is 9.16. The Kier molecular flexibility index (Phi) is 6.38. The Morgan fingerprint density at radius 3 is 2.55 bits per heavy atom. The third kappa shape index (κ3) is 2.83. The summed E-state index contributed by atoms with van der Waals surface area (Å²) >= 11 is 0. The van der Waals surface area contributed by atoms with Gasteiger partial charge in [0.15, 0.2) is 0 Å². The third-order valence-corrected chi connectivity index (χ3v) is 8.78. The Labute approximate surface area is 122 Å². The molecular weight excluding hydrogens is 274 g/mol. The van der Waals surface area contributed by atoms with Gasteiger partial charge in [0.2, 0.25) is 5.91 Å². The van der Waals surface area contributed by atoms with Gasteiger partial charge in [0.1, 0.15) is 5.22 Å². The van der Waals surface area contributed by atoms with Gasteiger partial charge in [-0.2, -0.15) is 0 Å². The molecule has 0 aromatic heterocycles. The van der Waals surface area contributed by atoms with Crippen molar-refractivity contribution in [3.05, 3.63) is 12.7 Å². The molecule has 1 aliphatic rings. The van der Waals surface area contributed by atoms with Gasteiger partial charge in [-0.05, 0) is 31.4 Å². The van der Waals surface area contributed by atoms with Crippen molar-refractivity contribution >= 4 is 14.5 Å². The Hall–Kier alpha value is -0.693. The molecule has 0 bridgehead atoms. The van der Waals surface area contributed by atoms with E-state index in [-0.39, 0.29) is 11.9 Å². The van der Waals surface area contributed by atoms with Crippen LogP contribution in [-0.2, 0) is 18.4 Å². The molecule has 1 fully saturated rings. The van der Waals surface area contributed by atoms with E-state index in [1.54, 1.807) is 21.3 Å². The number of amides is 1. The summed E-state index contributed by atoms with van der Waals surface area (Å²) in [6.07, 6.45) is 4.87. The van der Waals surface area contributed by atoms with Crippen LogP contribution in [0, 0.1) is 0 Å². The van der Waals surface area contributed by atoms with E-state index in [0.29, 0.717) is 0 Å². The number of hydrogen-bond donors (Lipinski definition) is 1. The van der Waals surface area contributed by atoms with Gasteiger partial charge >= 0.3 is 8.56 Å². The standard InChI is InChI=1S/C14H27NO4Si/c1-6-10-14(17-3)12(15-13(16)7-2)9-8-11-20(14,18-4)19-5/h7,12H,2,6,8-11H2,1,3-5H3,(H,15,16). The molecule has 1 N–H and O–H groups in total. The highest BCUT2D eigenvalue weighted by molar-refractivity contribution is 6.71. The Bertz CT molecular complexity index is 346. The van der Waals surface area contributed by atoms with Gasteiger partial charge in [0.05, 0.1) is 6.04 Å². The smallest absolute Gasteiger partial charge is 0.372 e. The molecule has 20 heavy (non-hydrogen) atoms. The van der Waals surface area contributed by atoms with Crippen LogP contribution in [-0.4, -0.2) is 47.1 Å². The maximum absolute atomic E-state index is 11.7. The van der Waals surface area contributed by atoms with Crippen molar-refractivity contribution in [3.63, 3.8) is 0 Å². The van der Waals surface area contributed by atoms with E-state index in [1.165, 1.54) is 6.08 Å². The number of methoxy groups -OCH3 is 1. The first-order valence-electron chi connectivity index (χ1n) is 7.14. The molecule has 0 aromatic rings. The summed E-state index contributed by atoms with van der Waals surface area (Å²) in [5, 5.41) is 2.46. The van der Waals surface area contributed by atoms with Crippen LogP contribution in [0.25, 0.3) is 0 Å². The lowest BCUT2D eigenvalue weighted by Gasteiger charge is -2.52. The van der Waals surface area contributed by atoms with Crippen molar-refractivity contribution in [2.75, 3.05) is 21.3 Å². The van der Waals surface area contributed by atoms with E-state index in [2.05, 4.69) is 18.8 Å². The van der Waals surface area contributed by atoms with Gasteiger partial charge in [-0.1, -0.05) is 19.9 Å². The van der Waals surface area contributed by atoms with Crippen LogP contribution < -0.4 is 5.32 Å². The maximum Gasteiger partial charge on any atom is 0.372 e. The highest BCUT2D eigenvalue weighted by Crippen LogP contribution is 2.43. The summed E-state index contributed by atoms with van der Waals surface area (Å²) in [6, 6.07) is 0.784. The van der Waals surface area contributed by atoms with Crippen molar-refractivity contribution < 1.29 is 18.4 Å². The second-order valence-electron chi connectivity index (χ2n) is 5.16. The van der Waals surface area contributed by atoms with E-state index in [4.69, 9.17) is 13.6 Å². The predicted octanol–water partition coefficient (Wildman–Crippen LogP) is 1.91. The molecule has 6 heteroatoms. The first-order chi connectivity index (χ1) is 9.55. The summed E-state index contributed by atoms with van der Waals surface area (Å²) < 4.78 is 17.6. The van der Waals surface area contributed by atoms with Gasteiger partial charge in [0, 0.05) is 21.3 Å². The molecule has 1 saturated heterocycles. The molecule has 0 aliphatic carbocycles. The van der Waals surface area contributed by atoms with Crippen LogP contribution in [0.3, 0.4) is 0 Å². The average Bonchev–Trinajstić information content (AvgIpc) is 2.48. The van der Waals surface area contributed by atoms with Crippen molar-refractivity contribution in [2.24, 2.45) is 0 Å².